The monoisotopic (exact) mass is 405 g/mol. The van der Waals surface area contributed by atoms with Gasteiger partial charge in [-0.3, -0.25) is 14.3 Å². The molecule has 1 N–H and O–H groups in total. The minimum Gasteiger partial charge on any atom is -0.449 e. The van der Waals surface area contributed by atoms with Gasteiger partial charge in [0.2, 0.25) is 0 Å². The van der Waals surface area contributed by atoms with Crippen LogP contribution in [0.5, 0.6) is 0 Å². The van der Waals surface area contributed by atoms with Crippen molar-refractivity contribution in [1.29, 1.82) is 0 Å². The summed E-state index contributed by atoms with van der Waals surface area (Å²) in [4.78, 5) is 37.3. The fourth-order valence-corrected chi connectivity index (χ4v) is 2.98. The van der Waals surface area contributed by atoms with E-state index in [1.54, 1.807) is 55.1 Å². The van der Waals surface area contributed by atoms with Crippen LogP contribution in [0.3, 0.4) is 0 Å². The van der Waals surface area contributed by atoms with E-state index in [9.17, 15) is 14.4 Å². The predicted octanol–water partition coefficient (Wildman–Crippen LogP) is 3.45. The molecule has 2 aromatic carbocycles. The van der Waals surface area contributed by atoms with Crippen molar-refractivity contribution in [2.24, 2.45) is 7.05 Å². The number of benzene rings is 2. The Bertz CT molecular complexity index is 1090. The van der Waals surface area contributed by atoms with Crippen molar-refractivity contribution in [1.82, 2.24) is 9.78 Å². The minimum absolute atomic E-state index is 0.134. The topological polar surface area (TPSA) is 90.3 Å². The number of aromatic nitrogens is 2. The molecular weight excluding hydrogens is 382 g/mol. The summed E-state index contributed by atoms with van der Waals surface area (Å²) in [5.41, 5.74) is 3.38. The molecule has 1 aromatic heterocycles. The Morgan fingerprint density at radius 2 is 1.50 bits per heavy atom. The number of nitrogens with zero attached hydrogens (tertiary/aromatic N) is 2. The lowest BCUT2D eigenvalue weighted by atomic mass is 10.0. The Hall–Kier alpha value is -3.74. The van der Waals surface area contributed by atoms with E-state index >= 15 is 0 Å². The molecule has 0 aliphatic carbocycles. The number of hydrogen-bond acceptors (Lipinski definition) is 5. The molecule has 1 amide bonds. The number of hydrogen-bond donors (Lipinski definition) is 1. The Balaban J connectivity index is 1.64. The van der Waals surface area contributed by atoms with E-state index in [1.807, 2.05) is 13.0 Å². The van der Waals surface area contributed by atoms with Crippen LogP contribution in [0.4, 0.5) is 5.69 Å². The summed E-state index contributed by atoms with van der Waals surface area (Å²) in [7, 11) is 1.79. The van der Waals surface area contributed by atoms with Gasteiger partial charge >= 0.3 is 5.97 Å². The smallest absolute Gasteiger partial charge is 0.338 e. The minimum atomic E-state index is -0.998. The maximum Gasteiger partial charge on any atom is 0.338 e. The number of anilines is 1. The van der Waals surface area contributed by atoms with Gasteiger partial charge < -0.3 is 10.1 Å². The summed E-state index contributed by atoms with van der Waals surface area (Å²) >= 11 is 0. The second-order valence-corrected chi connectivity index (χ2v) is 6.98. The normalized spacial score (nSPS) is 11.6. The number of carbonyl (C=O) groups is 3. The summed E-state index contributed by atoms with van der Waals surface area (Å²) in [6.45, 7) is 5.13. The Morgan fingerprint density at radius 3 is 2.07 bits per heavy atom. The van der Waals surface area contributed by atoms with Gasteiger partial charge in [0.15, 0.2) is 11.9 Å². The maximum atomic E-state index is 12.4. The van der Waals surface area contributed by atoms with E-state index in [2.05, 4.69) is 10.4 Å². The average Bonchev–Trinajstić information content (AvgIpc) is 2.99. The number of nitrogens with one attached hydrogen (secondary N) is 1. The van der Waals surface area contributed by atoms with E-state index in [1.165, 1.54) is 19.1 Å². The zero-order valence-electron chi connectivity index (χ0n) is 17.3. The third kappa shape index (κ3) is 4.46. The van der Waals surface area contributed by atoms with E-state index in [0.29, 0.717) is 22.5 Å². The van der Waals surface area contributed by atoms with Crippen LogP contribution in [0.25, 0.3) is 0 Å². The van der Waals surface area contributed by atoms with Crippen molar-refractivity contribution in [3.05, 3.63) is 82.7 Å². The number of aryl methyl sites for hydroxylation is 2. The number of ether oxygens (including phenoxy) is 1. The van der Waals surface area contributed by atoms with E-state index < -0.39 is 18.0 Å². The highest BCUT2D eigenvalue weighted by atomic mass is 16.5. The summed E-state index contributed by atoms with van der Waals surface area (Å²) in [6.07, 6.45) is -0.998. The summed E-state index contributed by atoms with van der Waals surface area (Å²) in [5.74, 6) is -1.22. The molecule has 154 valence electrons. The molecular formula is C23H23N3O4. The first-order valence-corrected chi connectivity index (χ1v) is 9.49. The number of amides is 1. The van der Waals surface area contributed by atoms with Gasteiger partial charge in [0.05, 0.1) is 22.6 Å². The standard InChI is InChI=1S/C23H23N3O4/c1-14-20(15(2)26(4)25-14)24-22(28)16(3)30-23(29)19-12-10-18(11-13-19)21(27)17-8-6-5-7-9-17/h5-13,16H,1-4H3,(H,24,28)/t16-/m1/s1. The van der Waals surface area contributed by atoms with Crippen LogP contribution in [-0.4, -0.2) is 33.5 Å². The summed E-state index contributed by atoms with van der Waals surface area (Å²) < 4.78 is 6.95. The molecule has 0 saturated heterocycles. The Kier molecular flexibility index (Phi) is 6.11. The van der Waals surface area contributed by atoms with Gasteiger partial charge in [-0.1, -0.05) is 42.5 Å². The van der Waals surface area contributed by atoms with Crippen molar-refractivity contribution < 1.29 is 19.1 Å². The van der Waals surface area contributed by atoms with Gasteiger partial charge in [-0.25, -0.2) is 4.79 Å². The van der Waals surface area contributed by atoms with Crippen LogP contribution in [-0.2, 0) is 16.6 Å². The van der Waals surface area contributed by atoms with Crippen LogP contribution < -0.4 is 5.32 Å². The average molecular weight is 405 g/mol. The molecule has 1 atom stereocenters. The largest absolute Gasteiger partial charge is 0.449 e. The first-order chi connectivity index (χ1) is 14.3. The van der Waals surface area contributed by atoms with E-state index in [-0.39, 0.29) is 11.3 Å². The van der Waals surface area contributed by atoms with Crippen LogP contribution in [0.15, 0.2) is 54.6 Å². The van der Waals surface area contributed by atoms with Crippen LogP contribution >= 0.6 is 0 Å². The first-order valence-electron chi connectivity index (χ1n) is 9.49. The lowest BCUT2D eigenvalue weighted by Crippen LogP contribution is -2.30. The second-order valence-electron chi connectivity index (χ2n) is 6.98. The molecule has 0 fully saturated rings. The molecule has 1 heterocycles. The van der Waals surface area contributed by atoms with Crippen molar-refractivity contribution in [3.8, 4) is 0 Å². The van der Waals surface area contributed by atoms with Crippen LogP contribution in [0.1, 0.15) is 44.6 Å². The predicted molar refractivity (Wildman–Crippen MR) is 113 cm³/mol. The highest BCUT2D eigenvalue weighted by Gasteiger charge is 2.22. The quantitative estimate of drug-likeness (QED) is 0.501. The molecule has 0 saturated carbocycles. The number of rotatable bonds is 6. The van der Waals surface area contributed by atoms with Gasteiger partial charge in [0.1, 0.15) is 0 Å². The third-order valence-corrected chi connectivity index (χ3v) is 4.83. The van der Waals surface area contributed by atoms with E-state index in [4.69, 9.17) is 4.74 Å². The number of ketones is 1. The number of carbonyl (C=O) groups excluding carboxylic acids is 3. The first kappa shape index (κ1) is 21.0. The molecule has 0 spiro atoms. The van der Waals surface area contributed by atoms with Gasteiger partial charge in [-0.15, -0.1) is 0 Å². The summed E-state index contributed by atoms with van der Waals surface area (Å²) in [5, 5.41) is 7.00. The molecule has 0 aliphatic heterocycles. The van der Waals surface area contributed by atoms with Gasteiger partial charge in [0, 0.05) is 18.2 Å². The second kappa shape index (κ2) is 8.73. The van der Waals surface area contributed by atoms with Crippen molar-refractivity contribution >= 4 is 23.3 Å². The highest BCUT2D eigenvalue weighted by molar-refractivity contribution is 6.09. The van der Waals surface area contributed by atoms with E-state index in [0.717, 1.165) is 5.69 Å². The fourth-order valence-electron chi connectivity index (χ4n) is 2.98. The SMILES string of the molecule is Cc1nn(C)c(C)c1NC(=O)[C@@H](C)OC(=O)c1ccc(C(=O)c2ccccc2)cc1. The Labute approximate surface area is 174 Å². The molecule has 7 nitrogen and oxygen atoms in total. The molecule has 30 heavy (non-hydrogen) atoms. The van der Waals surface area contributed by atoms with Gasteiger partial charge in [-0.05, 0) is 32.9 Å². The molecule has 0 radical (unpaired) electrons. The summed E-state index contributed by atoms with van der Waals surface area (Å²) in [6, 6.07) is 15.0. The molecule has 0 aliphatic rings. The lowest BCUT2D eigenvalue weighted by molar-refractivity contribution is -0.123. The molecule has 0 bridgehead atoms. The Morgan fingerprint density at radius 1 is 0.933 bits per heavy atom. The zero-order chi connectivity index (χ0) is 21.8. The van der Waals surface area contributed by atoms with Gasteiger partial charge in [0.25, 0.3) is 5.91 Å². The third-order valence-electron chi connectivity index (χ3n) is 4.83. The van der Waals surface area contributed by atoms with Crippen molar-refractivity contribution in [2.45, 2.75) is 26.9 Å². The molecule has 3 rings (SSSR count). The van der Waals surface area contributed by atoms with Crippen molar-refractivity contribution in [3.63, 3.8) is 0 Å². The van der Waals surface area contributed by atoms with Crippen molar-refractivity contribution in [2.75, 3.05) is 5.32 Å². The van der Waals surface area contributed by atoms with Crippen LogP contribution in [0.2, 0.25) is 0 Å². The molecule has 0 unspecified atom stereocenters. The maximum absolute atomic E-state index is 12.4. The zero-order valence-corrected chi connectivity index (χ0v) is 17.3. The molecule has 7 heteroatoms. The molecule has 3 aromatic rings. The van der Waals surface area contributed by atoms with Gasteiger partial charge in [-0.2, -0.15) is 5.10 Å². The van der Waals surface area contributed by atoms with Crippen LogP contribution in [0, 0.1) is 13.8 Å². The number of esters is 1. The fraction of sp³-hybridized carbons (Fsp3) is 0.217. The lowest BCUT2D eigenvalue weighted by Gasteiger charge is -2.14. The highest BCUT2D eigenvalue weighted by Crippen LogP contribution is 2.19.